The lowest BCUT2D eigenvalue weighted by Crippen LogP contribution is -2.11. The summed E-state index contributed by atoms with van der Waals surface area (Å²) in [6.45, 7) is 1.52. The van der Waals surface area contributed by atoms with Gasteiger partial charge in [-0.25, -0.2) is 0 Å². The Bertz CT molecular complexity index is 617. The van der Waals surface area contributed by atoms with E-state index in [-0.39, 0.29) is 11.5 Å². The van der Waals surface area contributed by atoms with Crippen molar-refractivity contribution < 1.29 is 12.6 Å². The first kappa shape index (κ1) is 12.8. The van der Waals surface area contributed by atoms with E-state index in [9.17, 15) is 8.42 Å². The van der Waals surface area contributed by atoms with Crippen LogP contribution in [0, 0.1) is 0 Å². The predicted octanol–water partition coefficient (Wildman–Crippen LogP) is 3.25. The van der Waals surface area contributed by atoms with E-state index in [0.29, 0.717) is 10.0 Å². The first-order chi connectivity index (χ1) is 8.02. The van der Waals surface area contributed by atoms with Crippen LogP contribution in [0.5, 0.6) is 5.75 Å². The van der Waals surface area contributed by atoms with Gasteiger partial charge < -0.3 is 4.18 Å². The van der Waals surface area contributed by atoms with Crippen LogP contribution in [-0.2, 0) is 10.1 Å². The van der Waals surface area contributed by atoms with Crippen LogP contribution in [0.4, 0.5) is 0 Å². The zero-order chi connectivity index (χ0) is 12.5. The molecule has 2 aromatic heterocycles. The van der Waals surface area contributed by atoms with E-state index in [4.69, 9.17) is 15.8 Å². The normalized spacial score (nSPS) is 11.6. The van der Waals surface area contributed by atoms with Crippen molar-refractivity contribution in [1.29, 1.82) is 0 Å². The molecule has 4 nitrogen and oxygen atoms in total. The van der Waals surface area contributed by atoms with Crippen LogP contribution in [0.25, 0.3) is 10.6 Å². The Balaban J connectivity index is 2.36. The Morgan fingerprint density at radius 3 is 2.82 bits per heavy atom. The lowest BCUT2D eigenvalue weighted by molar-refractivity contribution is 0.489. The number of halogens is 1. The molecule has 0 atom stereocenters. The molecular weight excluding hydrogens is 302 g/mol. The smallest absolute Gasteiger partial charge is 0.309 e. The molecule has 2 aromatic rings. The summed E-state index contributed by atoms with van der Waals surface area (Å²) < 4.78 is 32.5. The van der Waals surface area contributed by atoms with Crippen molar-refractivity contribution in [3.8, 4) is 16.3 Å². The second-order valence-corrected chi connectivity index (χ2v) is 7.26. The number of hydrogen-bond donors (Lipinski definition) is 0. The maximum atomic E-state index is 11.4. The molecule has 8 heteroatoms. The quantitative estimate of drug-likeness (QED) is 0.813. The molecular formula is C9H8ClNO3S3. The Morgan fingerprint density at radius 1 is 1.47 bits per heavy atom. The maximum absolute atomic E-state index is 11.4. The molecule has 0 N–H and O–H groups in total. The number of thiophene rings is 1. The standard InChI is InChI=1S/C9H8ClNO3S3/c1-2-17(12,13)14-6-5-15-11-9(6)7-3-4-8(10)16-7/h3-5H,2H2,1H3. The van der Waals surface area contributed by atoms with Crippen LogP contribution in [-0.4, -0.2) is 18.5 Å². The van der Waals surface area contributed by atoms with E-state index < -0.39 is 10.1 Å². The second kappa shape index (κ2) is 4.93. The second-order valence-electron chi connectivity index (χ2n) is 3.06. The molecule has 0 aliphatic rings. The molecule has 92 valence electrons. The van der Waals surface area contributed by atoms with Gasteiger partial charge in [0.2, 0.25) is 0 Å². The van der Waals surface area contributed by atoms with Crippen molar-refractivity contribution in [1.82, 2.24) is 4.37 Å². The lowest BCUT2D eigenvalue weighted by Gasteiger charge is -2.03. The monoisotopic (exact) mass is 309 g/mol. The topological polar surface area (TPSA) is 56.3 Å². The predicted molar refractivity (Wildman–Crippen MR) is 70.5 cm³/mol. The highest BCUT2D eigenvalue weighted by Gasteiger charge is 2.17. The van der Waals surface area contributed by atoms with Crippen molar-refractivity contribution in [2.24, 2.45) is 0 Å². The highest BCUT2D eigenvalue weighted by molar-refractivity contribution is 7.87. The minimum absolute atomic E-state index is 0.0759. The molecule has 0 amide bonds. The van der Waals surface area contributed by atoms with Crippen LogP contribution in [0.15, 0.2) is 17.5 Å². The summed E-state index contributed by atoms with van der Waals surface area (Å²) >= 11 is 8.30. The van der Waals surface area contributed by atoms with Gasteiger partial charge in [0.05, 0.1) is 20.3 Å². The number of aromatic nitrogens is 1. The lowest BCUT2D eigenvalue weighted by atomic mass is 10.3. The van der Waals surface area contributed by atoms with Gasteiger partial charge in [-0.3, -0.25) is 0 Å². The molecule has 2 rings (SSSR count). The number of rotatable bonds is 4. The van der Waals surface area contributed by atoms with E-state index in [0.717, 1.165) is 16.4 Å². The molecule has 0 radical (unpaired) electrons. The van der Waals surface area contributed by atoms with Crippen LogP contribution < -0.4 is 4.18 Å². The fourth-order valence-electron chi connectivity index (χ4n) is 1.09. The number of nitrogens with zero attached hydrogens (tertiary/aromatic N) is 1. The van der Waals surface area contributed by atoms with Gasteiger partial charge in [-0.15, -0.1) is 11.3 Å². The van der Waals surface area contributed by atoms with Gasteiger partial charge >= 0.3 is 10.1 Å². The fraction of sp³-hybridized carbons (Fsp3) is 0.222. The molecule has 0 saturated heterocycles. The molecule has 0 saturated carbocycles. The molecule has 0 aliphatic heterocycles. The van der Waals surface area contributed by atoms with Crippen molar-refractivity contribution in [3.63, 3.8) is 0 Å². The van der Waals surface area contributed by atoms with Gasteiger partial charge in [0.15, 0.2) is 5.75 Å². The molecule has 17 heavy (non-hydrogen) atoms. The minimum Gasteiger partial charge on any atom is -0.379 e. The van der Waals surface area contributed by atoms with Crippen LogP contribution in [0.3, 0.4) is 0 Å². The average Bonchev–Trinajstić information content (AvgIpc) is 2.86. The van der Waals surface area contributed by atoms with Gasteiger partial charge in [0.1, 0.15) is 5.69 Å². The zero-order valence-corrected chi connectivity index (χ0v) is 11.9. The Hall–Kier alpha value is -0.630. The van der Waals surface area contributed by atoms with Crippen LogP contribution in [0.2, 0.25) is 4.34 Å². The fourth-order valence-corrected chi connectivity index (χ4v) is 3.37. The third kappa shape index (κ3) is 2.98. The molecule has 0 spiro atoms. The van der Waals surface area contributed by atoms with E-state index in [2.05, 4.69) is 4.37 Å². The Morgan fingerprint density at radius 2 is 2.24 bits per heavy atom. The Kier molecular flexibility index (Phi) is 3.72. The van der Waals surface area contributed by atoms with Gasteiger partial charge in [0, 0.05) is 0 Å². The van der Waals surface area contributed by atoms with Gasteiger partial charge in [-0.1, -0.05) is 11.6 Å². The van der Waals surface area contributed by atoms with Gasteiger partial charge in [-0.2, -0.15) is 12.8 Å². The summed E-state index contributed by atoms with van der Waals surface area (Å²) in [6.07, 6.45) is 0. The first-order valence-electron chi connectivity index (χ1n) is 4.64. The Labute approximate surface area is 112 Å². The molecule has 0 unspecified atom stereocenters. The van der Waals surface area contributed by atoms with Crippen LogP contribution in [0.1, 0.15) is 6.92 Å². The molecule has 0 fully saturated rings. The molecule has 0 aliphatic carbocycles. The summed E-state index contributed by atoms with van der Waals surface area (Å²) in [6, 6.07) is 3.52. The number of hydrogen-bond acceptors (Lipinski definition) is 6. The summed E-state index contributed by atoms with van der Waals surface area (Å²) in [7, 11) is -3.53. The van der Waals surface area contributed by atoms with Crippen molar-refractivity contribution in [3.05, 3.63) is 21.8 Å². The largest absolute Gasteiger partial charge is 0.379 e. The highest BCUT2D eigenvalue weighted by atomic mass is 35.5. The molecule has 0 bridgehead atoms. The first-order valence-corrected chi connectivity index (χ1v) is 8.25. The minimum atomic E-state index is -3.53. The van der Waals surface area contributed by atoms with E-state index in [1.807, 2.05) is 0 Å². The van der Waals surface area contributed by atoms with Crippen molar-refractivity contribution >= 4 is 44.6 Å². The molecule has 2 heterocycles. The molecule has 0 aromatic carbocycles. The summed E-state index contributed by atoms with van der Waals surface area (Å²) in [5, 5.41) is 1.57. The van der Waals surface area contributed by atoms with Crippen molar-refractivity contribution in [2.75, 3.05) is 5.75 Å². The third-order valence-corrected chi connectivity index (χ3v) is 4.90. The van der Waals surface area contributed by atoms with Crippen molar-refractivity contribution in [2.45, 2.75) is 6.92 Å². The zero-order valence-electron chi connectivity index (χ0n) is 8.71. The highest BCUT2D eigenvalue weighted by Crippen LogP contribution is 2.37. The maximum Gasteiger partial charge on any atom is 0.309 e. The summed E-state index contributed by atoms with van der Waals surface area (Å²) in [4.78, 5) is 0.789. The summed E-state index contributed by atoms with van der Waals surface area (Å²) in [5.74, 6) is 0.184. The average molecular weight is 310 g/mol. The van der Waals surface area contributed by atoms with E-state index >= 15 is 0 Å². The van der Waals surface area contributed by atoms with E-state index in [1.54, 1.807) is 17.5 Å². The summed E-state index contributed by atoms with van der Waals surface area (Å²) in [5.41, 5.74) is 0.518. The van der Waals surface area contributed by atoms with E-state index in [1.165, 1.54) is 18.3 Å². The van der Waals surface area contributed by atoms with Crippen LogP contribution >= 0.6 is 34.5 Å². The third-order valence-electron chi connectivity index (χ3n) is 1.91. The van der Waals surface area contributed by atoms with Gasteiger partial charge in [0.25, 0.3) is 0 Å². The van der Waals surface area contributed by atoms with Gasteiger partial charge in [-0.05, 0) is 30.6 Å². The SMILES string of the molecule is CCS(=O)(=O)Oc1csnc1-c1ccc(Cl)s1.